The van der Waals surface area contributed by atoms with Gasteiger partial charge in [-0.3, -0.25) is 4.90 Å². The van der Waals surface area contributed by atoms with Crippen molar-refractivity contribution in [2.45, 2.75) is 78.0 Å². The normalized spacial score (nSPS) is 31.3. The molecule has 3 unspecified atom stereocenters. The van der Waals surface area contributed by atoms with E-state index < -0.39 is 0 Å². The summed E-state index contributed by atoms with van der Waals surface area (Å²) in [4.78, 5) is 2.61. The molecule has 0 spiro atoms. The van der Waals surface area contributed by atoms with Crippen LogP contribution in [-0.4, -0.2) is 34.7 Å². The maximum Gasteiger partial charge on any atom is 0.0555 e. The van der Waals surface area contributed by atoms with E-state index in [2.05, 4.69) is 32.6 Å². The van der Waals surface area contributed by atoms with Crippen molar-refractivity contribution in [1.29, 1.82) is 0 Å². The summed E-state index contributed by atoms with van der Waals surface area (Å²) in [5, 5.41) is 9.87. The molecule has 96 valence electrons. The smallest absolute Gasteiger partial charge is 0.0555 e. The van der Waals surface area contributed by atoms with E-state index in [9.17, 15) is 5.11 Å². The minimum Gasteiger partial charge on any atom is -0.393 e. The molecular weight excluding hydrogens is 198 g/mol. The summed E-state index contributed by atoms with van der Waals surface area (Å²) in [6.07, 6.45) is 5.59. The highest BCUT2D eigenvalue weighted by Crippen LogP contribution is 2.32. The number of nitrogens with zero attached hydrogens (tertiary/aromatic N) is 1. The van der Waals surface area contributed by atoms with Gasteiger partial charge in [0, 0.05) is 12.1 Å². The summed E-state index contributed by atoms with van der Waals surface area (Å²) < 4.78 is 0. The lowest BCUT2D eigenvalue weighted by atomic mass is 9.80. The van der Waals surface area contributed by atoms with Crippen LogP contribution in [0, 0.1) is 5.92 Å². The van der Waals surface area contributed by atoms with Crippen LogP contribution in [0.1, 0.15) is 59.8 Å². The van der Waals surface area contributed by atoms with Crippen LogP contribution in [0.4, 0.5) is 0 Å². The van der Waals surface area contributed by atoms with E-state index in [0.717, 1.165) is 18.8 Å². The van der Waals surface area contributed by atoms with E-state index in [-0.39, 0.29) is 6.10 Å². The molecule has 1 rings (SSSR count). The molecule has 0 aromatic carbocycles. The van der Waals surface area contributed by atoms with Crippen molar-refractivity contribution in [1.82, 2.24) is 4.90 Å². The maximum atomic E-state index is 9.87. The zero-order valence-electron chi connectivity index (χ0n) is 11.4. The lowest BCUT2D eigenvalue weighted by molar-refractivity contribution is 0.0118. The monoisotopic (exact) mass is 227 g/mol. The molecule has 0 aromatic heterocycles. The Hall–Kier alpha value is -0.0800. The van der Waals surface area contributed by atoms with E-state index in [1.807, 2.05) is 0 Å². The average molecular weight is 227 g/mol. The fourth-order valence-corrected chi connectivity index (χ4v) is 3.14. The first-order chi connectivity index (χ1) is 7.60. The number of aliphatic hydroxyl groups excluding tert-OH is 1. The Balaban J connectivity index is 2.69. The van der Waals surface area contributed by atoms with Gasteiger partial charge < -0.3 is 5.11 Å². The molecule has 0 saturated heterocycles. The summed E-state index contributed by atoms with van der Waals surface area (Å²) in [5.74, 6) is 0.789. The van der Waals surface area contributed by atoms with Gasteiger partial charge in [0.2, 0.25) is 0 Å². The molecule has 1 aliphatic carbocycles. The molecule has 0 aromatic rings. The van der Waals surface area contributed by atoms with Crippen molar-refractivity contribution in [2.75, 3.05) is 6.54 Å². The van der Waals surface area contributed by atoms with Gasteiger partial charge in [0.05, 0.1) is 6.10 Å². The predicted octanol–water partition coefficient (Wildman–Crippen LogP) is 3.05. The molecule has 0 aliphatic heterocycles. The third-order valence-corrected chi connectivity index (χ3v) is 4.02. The maximum absolute atomic E-state index is 9.87. The standard InChI is InChI=1S/C14H29NO/c1-5-9-15(11(3)4)14-10-13(16)8-7-12(14)6-2/h11-14,16H,5-10H2,1-4H3. The molecule has 1 fully saturated rings. The van der Waals surface area contributed by atoms with Gasteiger partial charge >= 0.3 is 0 Å². The summed E-state index contributed by atoms with van der Waals surface area (Å²) in [6, 6.07) is 1.21. The Bertz CT molecular complexity index is 193. The molecule has 1 N–H and O–H groups in total. The average Bonchev–Trinajstić information content (AvgIpc) is 2.25. The van der Waals surface area contributed by atoms with Crippen molar-refractivity contribution >= 4 is 0 Å². The Kier molecular flexibility index (Phi) is 5.77. The van der Waals surface area contributed by atoms with Gasteiger partial charge in [0.1, 0.15) is 0 Å². The summed E-state index contributed by atoms with van der Waals surface area (Å²) in [6.45, 7) is 10.3. The van der Waals surface area contributed by atoms with Crippen molar-refractivity contribution < 1.29 is 5.11 Å². The van der Waals surface area contributed by atoms with Crippen LogP contribution in [0.15, 0.2) is 0 Å². The molecule has 3 atom stereocenters. The molecule has 2 nitrogen and oxygen atoms in total. The number of aliphatic hydroxyl groups is 1. The van der Waals surface area contributed by atoms with Crippen molar-refractivity contribution in [3.8, 4) is 0 Å². The van der Waals surface area contributed by atoms with Crippen LogP contribution >= 0.6 is 0 Å². The topological polar surface area (TPSA) is 23.5 Å². The highest BCUT2D eigenvalue weighted by atomic mass is 16.3. The Labute approximate surface area is 101 Å². The van der Waals surface area contributed by atoms with Crippen LogP contribution < -0.4 is 0 Å². The molecule has 0 heterocycles. The first-order valence-electron chi connectivity index (χ1n) is 7.03. The molecular formula is C14H29NO. The van der Waals surface area contributed by atoms with Crippen molar-refractivity contribution in [2.24, 2.45) is 5.92 Å². The minimum absolute atomic E-state index is 0.0640. The highest BCUT2D eigenvalue weighted by molar-refractivity contribution is 4.87. The predicted molar refractivity (Wildman–Crippen MR) is 69.6 cm³/mol. The van der Waals surface area contributed by atoms with E-state index in [1.54, 1.807) is 0 Å². The lowest BCUT2D eigenvalue weighted by Gasteiger charge is -2.43. The molecule has 2 heteroatoms. The number of rotatable bonds is 5. The largest absolute Gasteiger partial charge is 0.393 e. The zero-order chi connectivity index (χ0) is 12.1. The lowest BCUT2D eigenvalue weighted by Crippen LogP contribution is -2.48. The Morgan fingerprint density at radius 2 is 1.94 bits per heavy atom. The molecule has 0 amide bonds. The van der Waals surface area contributed by atoms with Crippen LogP contribution in [0.25, 0.3) is 0 Å². The van der Waals surface area contributed by atoms with Gasteiger partial charge in [-0.25, -0.2) is 0 Å². The van der Waals surface area contributed by atoms with Gasteiger partial charge in [-0.2, -0.15) is 0 Å². The summed E-state index contributed by atoms with van der Waals surface area (Å²) in [5.41, 5.74) is 0. The molecule has 1 saturated carbocycles. The second kappa shape index (κ2) is 6.61. The fraction of sp³-hybridized carbons (Fsp3) is 1.00. The molecule has 1 aliphatic rings. The number of hydrogen-bond donors (Lipinski definition) is 1. The van der Waals surface area contributed by atoms with Gasteiger partial charge in [0.25, 0.3) is 0 Å². The molecule has 0 bridgehead atoms. The fourth-order valence-electron chi connectivity index (χ4n) is 3.14. The summed E-state index contributed by atoms with van der Waals surface area (Å²) >= 11 is 0. The van der Waals surface area contributed by atoms with E-state index in [0.29, 0.717) is 12.1 Å². The Morgan fingerprint density at radius 3 is 2.44 bits per heavy atom. The highest BCUT2D eigenvalue weighted by Gasteiger charge is 2.33. The molecule has 0 radical (unpaired) electrons. The van der Waals surface area contributed by atoms with E-state index >= 15 is 0 Å². The van der Waals surface area contributed by atoms with Crippen LogP contribution in [0.3, 0.4) is 0 Å². The van der Waals surface area contributed by atoms with E-state index in [4.69, 9.17) is 0 Å². The van der Waals surface area contributed by atoms with E-state index in [1.165, 1.54) is 25.8 Å². The third kappa shape index (κ3) is 3.46. The van der Waals surface area contributed by atoms with Gasteiger partial charge in [-0.1, -0.05) is 20.3 Å². The second-order valence-electron chi connectivity index (χ2n) is 5.53. The minimum atomic E-state index is -0.0640. The first kappa shape index (κ1) is 14.0. The van der Waals surface area contributed by atoms with Crippen LogP contribution in [0.2, 0.25) is 0 Å². The summed E-state index contributed by atoms with van der Waals surface area (Å²) in [7, 11) is 0. The quantitative estimate of drug-likeness (QED) is 0.780. The number of hydrogen-bond acceptors (Lipinski definition) is 2. The van der Waals surface area contributed by atoms with Gasteiger partial charge in [-0.05, 0) is 52.0 Å². The van der Waals surface area contributed by atoms with Crippen LogP contribution in [-0.2, 0) is 0 Å². The third-order valence-electron chi connectivity index (χ3n) is 4.02. The second-order valence-corrected chi connectivity index (χ2v) is 5.53. The Morgan fingerprint density at radius 1 is 1.25 bits per heavy atom. The van der Waals surface area contributed by atoms with Gasteiger partial charge in [-0.15, -0.1) is 0 Å². The first-order valence-corrected chi connectivity index (χ1v) is 7.03. The van der Waals surface area contributed by atoms with Crippen molar-refractivity contribution in [3.05, 3.63) is 0 Å². The van der Waals surface area contributed by atoms with Crippen molar-refractivity contribution in [3.63, 3.8) is 0 Å². The SMILES string of the molecule is CCCN(C(C)C)C1CC(O)CCC1CC. The van der Waals surface area contributed by atoms with Crippen LogP contribution in [0.5, 0.6) is 0 Å². The van der Waals surface area contributed by atoms with Gasteiger partial charge in [0.15, 0.2) is 0 Å². The molecule has 16 heavy (non-hydrogen) atoms. The zero-order valence-corrected chi connectivity index (χ0v) is 11.4.